The largest absolute Gasteiger partial charge is 0.391 e. The lowest BCUT2D eigenvalue weighted by molar-refractivity contribution is -0.132. The summed E-state index contributed by atoms with van der Waals surface area (Å²) in [5.74, 6) is -2.18. The maximum Gasteiger partial charge on any atom is 0.242 e. The number of aliphatic hydroxyl groups excluding tert-OH is 1. The second-order valence-electron chi connectivity index (χ2n) is 5.24. The van der Waals surface area contributed by atoms with Gasteiger partial charge in [0.05, 0.1) is 6.10 Å². The van der Waals surface area contributed by atoms with E-state index < -0.39 is 29.9 Å². The van der Waals surface area contributed by atoms with E-state index in [4.69, 9.17) is 11.5 Å². The molecule has 2 unspecified atom stereocenters. The highest BCUT2D eigenvalue weighted by Gasteiger charge is 2.27. The summed E-state index contributed by atoms with van der Waals surface area (Å²) in [6.07, 6.45) is -0.450. The van der Waals surface area contributed by atoms with Crippen LogP contribution in [-0.4, -0.2) is 35.6 Å². The molecule has 1 rings (SSSR count). The number of hydrogen-bond donors (Lipinski definition) is 4. The molecule has 0 aromatic heterocycles. The number of amides is 2. The van der Waals surface area contributed by atoms with Crippen molar-refractivity contribution in [1.82, 2.24) is 5.32 Å². The van der Waals surface area contributed by atoms with Crippen LogP contribution in [0.1, 0.15) is 18.9 Å². The number of nitrogens with one attached hydrogen (secondary N) is 1. The molecule has 0 spiro atoms. The maximum atomic E-state index is 13.2. The van der Waals surface area contributed by atoms with Gasteiger partial charge in [0.2, 0.25) is 11.8 Å². The molecule has 122 valence electrons. The highest BCUT2D eigenvalue weighted by Crippen LogP contribution is 2.14. The number of primary amides is 1. The zero-order valence-corrected chi connectivity index (χ0v) is 12.5. The fraction of sp³-hybridized carbons (Fsp3) is 0.467. The number of nitrogens with two attached hydrogens (primary N) is 2. The first-order valence-electron chi connectivity index (χ1n) is 7.07. The third-order valence-electron chi connectivity index (χ3n) is 3.34. The van der Waals surface area contributed by atoms with Gasteiger partial charge in [0.25, 0.3) is 0 Å². The van der Waals surface area contributed by atoms with Crippen molar-refractivity contribution in [2.75, 3.05) is 6.54 Å². The van der Waals surface area contributed by atoms with Crippen LogP contribution >= 0.6 is 0 Å². The SMILES string of the molecule is CC(O)[C@H](NC(=O)C(CCN)Cc1cccc(F)c1)C(N)=O. The minimum absolute atomic E-state index is 0.267. The van der Waals surface area contributed by atoms with Gasteiger partial charge in [0.1, 0.15) is 11.9 Å². The molecule has 6 N–H and O–H groups in total. The molecule has 0 saturated heterocycles. The second-order valence-corrected chi connectivity index (χ2v) is 5.24. The molecular weight excluding hydrogens is 289 g/mol. The van der Waals surface area contributed by atoms with Crippen LogP contribution in [0.2, 0.25) is 0 Å². The van der Waals surface area contributed by atoms with Crippen LogP contribution in [0.15, 0.2) is 24.3 Å². The number of aliphatic hydroxyl groups is 1. The van der Waals surface area contributed by atoms with Crippen LogP contribution in [0.3, 0.4) is 0 Å². The number of halogens is 1. The van der Waals surface area contributed by atoms with Gasteiger partial charge in [-0.1, -0.05) is 12.1 Å². The summed E-state index contributed by atoms with van der Waals surface area (Å²) >= 11 is 0. The van der Waals surface area contributed by atoms with Crippen LogP contribution in [0.4, 0.5) is 4.39 Å². The van der Waals surface area contributed by atoms with E-state index in [-0.39, 0.29) is 18.8 Å². The molecule has 0 saturated carbocycles. The second kappa shape index (κ2) is 8.45. The molecule has 2 amide bonds. The topological polar surface area (TPSA) is 118 Å². The zero-order chi connectivity index (χ0) is 16.7. The molecule has 0 aliphatic rings. The Balaban J connectivity index is 2.81. The number of rotatable bonds is 8. The van der Waals surface area contributed by atoms with Gasteiger partial charge in [-0.2, -0.15) is 0 Å². The van der Waals surface area contributed by atoms with Crippen LogP contribution < -0.4 is 16.8 Å². The van der Waals surface area contributed by atoms with Crippen LogP contribution in [0.25, 0.3) is 0 Å². The standard InChI is InChI=1S/C15H22FN3O3/c1-9(20)13(14(18)21)19-15(22)11(5-6-17)7-10-3-2-4-12(16)8-10/h2-4,8-9,11,13,20H,5-7,17H2,1H3,(H2,18,21)(H,19,22)/t9?,11?,13-/m0/s1. The van der Waals surface area contributed by atoms with Crippen LogP contribution in [0.5, 0.6) is 0 Å². The van der Waals surface area contributed by atoms with E-state index in [0.29, 0.717) is 12.0 Å². The van der Waals surface area contributed by atoms with E-state index in [2.05, 4.69) is 5.32 Å². The first kappa shape index (κ1) is 18.1. The minimum Gasteiger partial charge on any atom is -0.391 e. The first-order valence-corrected chi connectivity index (χ1v) is 7.07. The highest BCUT2D eigenvalue weighted by atomic mass is 19.1. The Morgan fingerprint density at radius 3 is 2.59 bits per heavy atom. The summed E-state index contributed by atoms with van der Waals surface area (Å²) in [6, 6.07) is 4.76. The van der Waals surface area contributed by atoms with Crippen molar-refractivity contribution in [2.45, 2.75) is 31.9 Å². The molecule has 0 aliphatic heterocycles. The third kappa shape index (κ3) is 5.42. The summed E-state index contributed by atoms with van der Waals surface area (Å²) in [4.78, 5) is 23.5. The molecule has 22 heavy (non-hydrogen) atoms. The predicted molar refractivity (Wildman–Crippen MR) is 80.1 cm³/mol. The van der Waals surface area contributed by atoms with Gasteiger partial charge in [-0.3, -0.25) is 9.59 Å². The Kier molecular flexibility index (Phi) is 6.94. The molecule has 0 aliphatic carbocycles. The fourth-order valence-corrected chi connectivity index (χ4v) is 2.18. The van der Waals surface area contributed by atoms with Crippen molar-refractivity contribution in [3.05, 3.63) is 35.6 Å². The smallest absolute Gasteiger partial charge is 0.242 e. The van der Waals surface area contributed by atoms with Crippen molar-refractivity contribution >= 4 is 11.8 Å². The number of hydrogen-bond acceptors (Lipinski definition) is 4. The molecule has 7 heteroatoms. The number of carbonyl (C=O) groups excluding carboxylic acids is 2. The fourth-order valence-electron chi connectivity index (χ4n) is 2.18. The first-order chi connectivity index (χ1) is 10.3. The molecule has 6 nitrogen and oxygen atoms in total. The van der Waals surface area contributed by atoms with Gasteiger partial charge >= 0.3 is 0 Å². The predicted octanol–water partition coefficient (Wildman–Crippen LogP) is -0.316. The molecule has 0 bridgehead atoms. The van der Waals surface area contributed by atoms with Crippen molar-refractivity contribution in [3.8, 4) is 0 Å². The van der Waals surface area contributed by atoms with Crippen LogP contribution in [-0.2, 0) is 16.0 Å². The molecule has 0 radical (unpaired) electrons. The third-order valence-corrected chi connectivity index (χ3v) is 3.34. The van der Waals surface area contributed by atoms with Gasteiger partial charge in [0, 0.05) is 5.92 Å². The number of benzene rings is 1. The molecule has 3 atom stereocenters. The zero-order valence-electron chi connectivity index (χ0n) is 12.5. The summed E-state index contributed by atoms with van der Waals surface area (Å²) in [7, 11) is 0. The van der Waals surface area contributed by atoms with Crippen molar-refractivity contribution in [2.24, 2.45) is 17.4 Å². The van der Waals surface area contributed by atoms with E-state index in [1.165, 1.54) is 19.1 Å². The van der Waals surface area contributed by atoms with E-state index >= 15 is 0 Å². The molecular formula is C15H22FN3O3. The Morgan fingerprint density at radius 1 is 1.41 bits per heavy atom. The number of carbonyl (C=O) groups is 2. The van der Waals surface area contributed by atoms with E-state index in [1.807, 2.05) is 0 Å². The lowest BCUT2D eigenvalue weighted by atomic mass is 9.94. The van der Waals surface area contributed by atoms with Crippen LogP contribution in [0, 0.1) is 11.7 Å². The van der Waals surface area contributed by atoms with Gasteiger partial charge < -0.3 is 21.9 Å². The lowest BCUT2D eigenvalue weighted by Gasteiger charge is -2.22. The Morgan fingerprint density at radius 2 is 2.09 bits per heavy atom. The summed E-state index contributed by atoms with van der Waals surface area (Å²) in [5, 5.41) is 11.9. The quantitative estimate of drug-likeness (QED) is 0.526. The van der Waals surface area contributed by atoms with E-state index in [0.717, 1.165) is 0 Å². The summed E-state index contributed by atoms with van der Waals surface area (Å²) < 4.78 is 13.2. The average Bonchev–Trinajstić information content (AvgIpc) is 2.43. The van der Waals surface area contributed by atoms with Gasteiger partial charge in [-0.25, -0.2) is 4.39 Å². The lowest BCUT2D eigenvalue weighted by Crippen LogP contribution is -2.52. The Labute approximate surface area is 128 Å². The normalized spacial score (nSPS) is 14.9. The maximum absolute atomic E-state index is 13.2. The van der Waals surface area contributed by atoms with Gasteiger partial charge in [-0.15, -0.1) is 0 Å². The summed E-state index contributed by atoms with van der Waals surface area (Å²) in [6.45, 7) is 1.63. The Hall–Kier alpha value is -1.99. The van der Waals surface area contributed by atoms with Crippen molar-refractivity contribution in [1.29, 1.82) is 0 Å². The minimum atomic E-state index is -1.17. The van der Waals surface area contributed by atoms with E-state index in [1.54, 1.807) is 12.1 Å². The molecule has 0 fully saturated rings. The average molecular weight is 311 g/mol. The Bertz CT molecular complexity index is 523. The summed E-state index contributed by atoms with van der Waals surface area (Å²) in [5.41, 5.74) is 11.3. The van der Waals surface area contributed by atoms with Gasteiger partial charge in [0.15, 0.2) is 0 Å². The monoisotopic (exact) mass is 311 g/mol. The van der Waals surface area contributed by atoms with Gasteiger partial charge in [-0.05, 0) is 44.0 Å². The van der Waals surface area contributed by atoms with Crippen molar-refractivity contribution in [3.63, 3.8) is 0 Å². The molecule has 0 heterocycles. The van der Waals surface area contributed by atoms with Crippen molar-refractivity contribution < 1.29 is 19.1 Å². The highest BCUT2D eigenvalue weighted by molar-refractivity contribution is 5.88. The molecule has 1 aromatic rings. The van der Waals surface area contributed by atoms with E-state index in [9.17, 15) is 19.1 Å². The molecule has 1 aromatic carbocycles.